The third kappa shape index (κ3) is 3.29. The highest BCUT2D eigenvalue weighted by molar-refractivity contribution is 6.25. The van der Waals surface area contributed by atoms with E-state index in [-0.39, 0.29) is 17.8 Å². The molecule has 0 aromatic heterocycles. The molecule has 4 nitrogen and oxygen atoms in total. The fraction of sp³-hybridized carbons (Fsp3) is 0.545. The molecule has 0 atom stereocenters. The van der Waals surface area contributed by atoms with Gasteiger partial charge in [0.25, 0.3) is 0 Å². The smallest absolute Gasteiger partial charge is 0.407 e. The number of benzene rings is 1. The second kappa shape index (κ2) is 7.26. The van der Waals surface area contributed by atoms with Crippen LogP contribution < -0.4 is 5.32 Å². The Morgan fingerprint density at radius 3 is 2.35 bits per heavy atom. The predicted octanol–water partition coefficient (Wildman–Crippen LogP) is 4.64. The summed E-state index contributed by atoms with van der Waals surface area (Å²) in [5, 5.41) is 2.68. The van der Waals surface area contributed by atoms with Crippen LogP contribution in [0.3, 0.4) is 0 Å². The van der Waals surface area contributed by atoms with E-state index in [2.05, 4.69) is 38.2 Å². The van der Waals surface area contributed by atoms with Crippen molar-refractivity contribution >= 4 is 17.4 Å². The quantitative estimate of drug-likeness (QED) is 0.856. The number of alkyl carbamates (subject to hydrolysis) is 1. The summed E-state index contributed by atoms with van der Waals surface area (Å²) in [4.78, 5) is 25.0. The van der Waals surface area contributed by atoms with Crippen molar-refractivity contribution in [3.63, 3.8) is 0 Å². The maximum Gasteiger partial charge on any atom is 0.407 e. The zero-order chi connectivity index (χ0) is 18.9. The lowest BCUT2D eigenvalue weighted by atomic mass is 9.79. The normalized spacial score (nSPS) is 18.7. The highest BCUT2D eigenvalue weighted by atomic mass is 16.5. The molecule has 1 N–H and O–H groups in total. The number of carbonyl (C=O) groups excluding carboxylic acids is 2. The average molecular weight is 355 g/mol. The molecule has 1 saturated carbocycles. The van der Waals surface area contributed by atoms with E-state index < -0.39 is 6.09 Å². The Kier molecular flexibility index (Phi) is 5.22. The van der Waals surface area contributed by atoms with Crippen LogP contribution in [0, 0.1) is 26.2 Å². The lowest BCUT2D eigenvalue weighted by Gasteiger charge is -2.26. The van der Waals surface area contributed by atoms with E-state index in [0.717, 1.165) is 53.5 Å². The minimum absolute atomic E-state index is 0.108. The summed E-state index contributed by atoms with van der Waals surface area (Å²) in [6.07, 6.45) is 4.45. The second-order valence-electron chi connectivity index (χ2n) is 7.82. The van der Waals surface area contributed by atoms with E-state index in [4.69, 9.17) is 4.74 Å². The summed E-state index contributed by atoms with van der Waals surface area (Å²) in [6, 6.07) is 4.26. The van der Waals surface area contributed by atoms with Crippen LogP contribution >= 0.6 is 0 Å². The number of ether oxygens (including phenoxy) is 1. The molecule has 0 saturated heterocycles. The molecule has 1 spiro atoms. The number of Topliss-reactive ketones (excluding diaryl/α,β-unsaturated/α-hetero) is 1. The van der Waals surface area contributed by atoms with Crippen molar-refractivity contribution in [3.8, 4) is 0 Å². The van der Waals surface area contributed by atoms with Gasteiger partial charge in [-0.2, -0.15) is 0 Å². The van der Waals surface area contributed by atoms with Crippen LogP contribution in [0.25, 0.3) is 5.57 Å². The van der Waals surface area contributed by atoms with Crippen molar-refractivity contribution in [2.24, 2.45) is 5.41 Å². The van der Waals surface area contributed by atoms with Crippen LogP contribution in [0.2, 0.25) is 0 Å². The number of amides is 1. The van der Waals surface area contributed by atoms with Gasteiger partial charge in [0.1, 0.15) is 6.61 Å². The SMILES string of the molecule is CCNC(=O)OCC1=C(c2c(C)cc(C)cc2C)C(=O)CC12CCCC2. The second-order valence-corrected chi connectivity index (χ2v) is 7.82. The summed E-state index contributed by atoms with van der Waals surface area (Å²) >= 11 is 0. The van der Waals surface area contributed by atoms with E-state index in [1.165, 1.54) is 5.56 Å². The van der Waals surface area contributed by atoms with Gasteiger partial charge < -0.3 is 10.1 Å². The summed E-state index contributed by atoms with van der Waals surface area (Å²) in [7, 11) is 0. The summed E-state index contributed by atoms with van der Waals surface area (Å²) in [5.41, 5.74) is 6.23. The lowest BCUT2D eigenvalue weighted by molar-refractivity contribution is -0.114. The average Bonchev–Trinajstić information content (AvgIpc) is 3.11. The van der Waals surface area contributed by atoms with Gasteiger partial charge in [0.15, 0.2) is 5.78 Å². The molecule has 0 aliphatic heterocycles. The highest BCUT2D eigenvalue weighted by Gasteiger charge is 2.47. The van der Waals surface area contributed by atoms with E-state index in [1.807, 2.05) is 6.92 Å². The Balaban J connectivity index is 2.08. The molecule has 0 heterocycles. The fourth-order valence-corrected chi connectivity index (χ4v) is 4.89. The molecule has 0 bridgehead atoms. The number of allylic oxidation sites excluding steroid dienone is 1. The maximum atomic E-state index is 13.1. The number of hydrogen-bond donors (Lipinski definition) is 1. The third-order valence-corrected chi connectivity index (χ3v) is 5.88. The maximum absolute atomic E-state index is 13.1. The number of carbonyl (C=O) groups is 2. The Morgan fingerprint density at radius 2 is 1.77 bits per heavy atom. The Morgan fingerprint density at radius 1 is 1.15 bits per heavy atom. The molecule has 1 fully saturated rings. The van der Waals surface area contributed by atoms with Crippen molar-refractivity contribution in [1.29, 1.82) is 0 Å². The van der Waals surface area contributed by atoms with Crippen LogP contribution in [-0.2, 0) is 9.53 Å². The van der Waals surface area contributed by atoms with E-state index in [1.54, 1.807) is 0 Å². The topological polar surface area (TPSA) is 55.4 Å². The standard InChI is InChI=1S/C22H29NO3/c1-5-23-21(25)26-13-17-20(18(24)12-22(17)8-6-7-9-22)19-15(3)10-14(2)11-16(19)4/h10-11H,5-9,12-13H2,1-4H3,(H,23,25). The van der Waals surface area contributed by atoms with Gasteiger partial charge >= 0.3 is 6.09 Å². The molecule has 2 aliphatic rings. The molecule has 2 aliphatic carbocycles. The zero-order valence-electron chi connectivity index (χ0n) is 16.3. The predicted molar refractivity (Wildman–Crippen MR) is 103 cm³/mol. The van der Waals surface area contributed by atoms with Crippen LogP contribution in [0.15, 0.2) is 17.7 Å². The molecule has 140 valence electrons. The Labute approximate surface area is 156 Å². The van der Waals surface area contributed by atoms with Gasteiger partial charge in [-0.3, -0.25) is 4.79 Å². The first kappa shape index (κ1) is 18.7. The number of ketones is 1. The van der Waals surface area contributed by atoms with Gasteiger partial charge in [-0.25, -0.2) is 4.79 Å². The number of nitrogens with one attached hydrogen (secondary N) is 1. The van der Waals surface area contributed by atoms with Crippen LogP contribution in [0.1, 0.15) is 61.3 Å². The van der Waals surface area contributed by atoms with E-state index in [9.17, 15) is 9.59 Å². The van der Waals surface area contributed by atoms with E-state index in [0.29, 0.717) is 13.0 Å². The summed E-state index contributed by atoms with van der Waals surface area (Å²) in [5.74, 6) is 0.205. The van der Waals surface area contributed by atoms with Gasteiger partial charge in [0, 0.05) is 24.0 Å². The first-order valence-electron chi connectivity index (χ1n) is 9.63. The minimum Gasteiger partial charge on any atom is -0.445 e. The third-order valence-electron chi connectivity index (χ3n) is 5.88. The molecule has 0 unspecified atom stereocenters. The van der Waals surface area contributed by atoms with Gasteiger partial charge in [-0.05, 0) is 62.8 Å². The molecule has 4 heteroatoms. The first-order valence-corrected chi connectivity index (χ1v) is 9.63. The molecule has 3 rings (SSSR count). The largest absolute Gasteiger partial charge is 0.445 e. The Hall–Kier alpha value is -2.10. The highest BCUT2D eigenvalue weighted by Crippen LogP contribution is 2.55. The Bertz CT molecular complexity index is 747. The monoisotopic (exact) mass is 355 g/mol. The van der Waals surface area contributed by atoms with Crippen molar-refractivity contribution in [2.45, 2.75) is 59.8 Å². The van der Waals surface area contributed by atoms with Gasteiger partial charge in [-0.1, -0.05) is 30.5 Å². The lowest BCUT2D eigenvalue weighted by Crippen LogP contribution is -2.27. The van der Waals surface area contributed by atoms with Crippen molar-refractivity contribution in [3.05, 3.63) is 40.0 Å². The summed E-state index contributed by atoms with van der Waals surface area (Å²) in [6.45, 7) is 8.81. The minimum atomic E-state index is -0.413. The number of rotatable bonds is 4. The van der Waals surface area contributed by atoms with Crippen LogP contribution in [0.4, 0.5) is 4.79 Å². The van der Waals surface area contributed by atoms with Crippen LogP contribution in [0.5, 0.6) is 0 Å². The molecule has 26 heavy (non-hydrogen) atoms. The van der Waals surface area contributed by atoms with Gasteiger partial charge in [0.05, 0.1) is 0 Å². The van der Waals surface area contributed by atoms with E-state index >= 15 is 0 Å². The first-order chi connectivity index (χ1) is 12.4. The van der Waals surface area contributed by atoms with Crippen molar-refractivity contribution < 1.29 is 14.3 Å². The number of hydrogen-bond acceptors (Lipinski definition) is 3. The fourth-order valence-electron chi connectivity index (χ4n) is 4.89. The van der Waals surface area contributed by atoms with Gasteiger partial charge in [-0.15, -0.1) is 0 Å². The van der Waals surface area contributed by atoms with Crippen LogP contribution in [-0.4, -0.2) is 25.0 Å². The van der Waals surface area contributed by atoms with Crippen molar-refractivity contribution in [1.82, 2.24) is 5.32 Å². The molecule has 1 aromatic carbocycles. The molecule has 1 amide bonds. The van der Waals surface area contributed by atoms with Crippen molar-refractivity contribution in [2.75, 3.05) is 13.2 Å². The summed E-state index contributed by atoms with van der Waals surface area (Å²) < 4.78 is 5.50. The molecule has 0 radical (unpaired) electrons. The molecular formula is C22H29NO3. The zero-order valence-corrected chi connectivity index (χ0v) is 16.3. The number of aryl methyl sites for hydroxylation is 3. The van der Waals surface area contributed by atoms with Gasteiger partial charge in [0.2, 0.25) is 0 Å². The molecular weight excluding hydrogens is 326 g/mol. The molecule has 1 aromatic rings.